The van der Waals surface area contributed by atoms with Gasteiger partial charge in [0.15, 0.2) is 0 Å². The van der Waals surface area contributed by atoms with Crippen LogP contribution in [-0.4, -0.2) is 50.0 Å². The number of benzene rings is 3. The molecule has 1 aliphatic rings. The number of anilines is 1. The third-order valence-electron chi connectivity index (χ3n) is 7.78. The maximum absolute atomic E-state index is 14.0. The molecule has 1 N–H and O–H groups in total. The van der Waals surface area contributed by atoms with Crippen molar-refractivity contribution in [2.24, 2.45) is 0 Å². The van der Waals surface area contributed by atoms with Crippen molar-refractivity contribution >= 4 is 39.1 Å². The lowest BCUT2D eigenvalue weighted by Crippen LogP contribution is -2.52. The minimum absolute atomic E-state index is 0.0908. The second-order valence-corrected chi connectivity index (χ2v) is 13.4. The van der Waals surface area contributed by atoms with E-state index in [0.717, 1.165) is 42.4 Å². The van der Waals surface area contributed by atoms with E-state index in [9.17, 15) is 18.0 Å². The van der Waals surface area contributed by atoms with E-state index in [1.807, 2.05) is 61.5 Å². The standard InChI is InChI=1S/C33H40ClN3O4S/c1-25-11-6-9-16-30(25)37(42(2,40)41)22-10-17-32(38)36(24-27-18-20-28(34)21-19-27)31(23-26-12-4-3-5-13-26)33(39)35-29-14-7-8-15-29/h3-6,9,11-13,16,18-21,29,31H,7-8,10,14-15,17,22-24H2,1-2H3,(H,35,39)/t31-/m1/s1. The minimum Gasteiger partial charge on any atom is -0.352 e. The third-order valence-corrected chi connectivity index (χ3v) is 9.21. The molecule has 1 aliphatic carbocycles. The van der Waals surface area contributed by atoms with Crippen LogP contribution in [0.1, 0.15) is 55.2 Å². The summed E-state index contributed by atoms with van der Waals surface area (Å²) in [6.45, 7) is 2.25. The van der Waals surface area contributed by atoms with Crippen LogP contribution in [0.3, 0.4) is 0 Å². The maximum atomic E-state index is 14.0. The molecular weight excluding hydrogens is 570 g/mol. The van der Waals surface area contributed by atoms with Crippen molar-refractivity contribution in [1.29, 1.82) is 0 Å². The molecule has 0 aromatic heterocycles. The van der Waals surface area contributed by atoms with E-state index in [-0.39, 0.29) is 37.4 Å². The molecule has 1 fully saturated rings. The van der Waals surface area contributed by atoms with Crippen LogP contribution in [-0.2, 0) is 32.6 Å². The van der Waals surface area contributed by atoms with Crippen molar-refractivity contribution in [3.05, 3.63) is 101 Å². The van der Waals surface area contributed by atoms with Crippen LogP contribution in [0.15, 0.2) is 78.9 Å². The molecule has 3 aromatic carbocycles. The van der Waals surface area contributed by atoms with Gasteiger partial charge < -0.3 is 10.2 Å². The van der Waals surface area contributed by atoms with Gasteiger partial charge in [0.1, 0.15) is 6.04 Å². The average molecular weight is 610 g/mol. The van der Waals surface area contributed by atoms with Crippen LogP contribution in [0.2, 0.25) is 5.02 Å². The van der Waals surface area contributed by atoms with Gasteiger partial charge in [-0.15, -0.1) is 0 Å². The fraction of sp³-hybridized carbons (Fsp3) is 0.394. The molecule has 0 heterocycles. The average Bonchev–Trinajstić information content (AvgIpc) is 3.47. The van der Waals surface area contributed by atoms with E-state index < -0.39 is 16.1 Å². The first kappa shape index (κ1) is 31.6. The molecule has 1 saturated carbocycles. The normalized spacial score (nSPS) is 14.4. The summed E-state index contributed by atoms with van der Waals surface area (Å²) in [5.41, 5.74) is 3.26. The lowest BCUT2D eigenvalue weighted by Gasteiger charge is -2.33. The molecule has 42 heavy (non-hydrogen) atoms. The molecule has 0 bridgehead atoms. The first-order chi connectivity index (χ1) is 20.1. The molecule has 9 heteroatoms. The lowest BCUT2D eigenvalue weighted by molar-refractivity contribution is -0.141. The van der Waals surface area contributed by atoms with Crippen LogP contribution in [0.25, 0.3) is 0 Å². The Balaban J connectivity index is 1.59. The first-order valence-corrected chi connectivity index (χ1v) is 16.8. The van der Waals surface area contributed by atoms with Gasteiger partial charge in [0.05, 0.1) is 11.9 Å². The lowest BCUT2D eigenvalue weighted by atomic mass is 10.0. The Hall–Kier alpha value is -3.36. The van der Waals surface area contributed by atoms with Gasteiger partial charge in [-0.2, -0.15) is 0 Å². The Kier molecular flexibility index (Phi) is 11.0. The van der Waals surface area contributed by atoms with Crippen LogP contribution in [0.5, 0.6) is 0 Å². The predicted octanol–water partition coefficient (Wildman–Crippen LogP) is 5.89. The number of amides is 2. The molecule has 224 valence electrons. The van der Waals surface area contributed by atoms with Gasteiger partial charge >= 0.3 is 0 Å². The number of nitrogens with one attached hydrogen (secondary N) is 1. The van der Waals surface area contributed by atoms with E-state index in [1.54, 1.807) is 29.2 Å². The van der Waals surface area contributed by atoms with Crippen LogP contribution in [0.4, 0.5) is 5.69 Å². The Labute approximate surface area is 254 Å². The number of rotatable bonds is 13. The summed E-state index contributed by atoms with van der Waals surface area (Å²) >= 11 is 6.12. The maximum Gasteiger partial charge on any atom is 0.243 e. The number of halogens is 1. The molecule has 0 saturated heterocycles. The van der Waals surface area contributed by atoms with E-state index in [0.29, 0.717) is 23.6 Å². The number of carbonyl (C=O) groups is 2. The van der Waals surface area contributed by atoms with Gasteiger partial charge in [-0.25, -0.2) is 8.42 Å². The van der Waals surface area contributed by atoms with E-state index in [1.165, 1.54) is 10.6 Å². The van der Waals surface area contributed by atoms with E-state index >= 15 is 0 Å². The Bertz CT molecular complexity index is 1440. The quantitative estimate of drug-likeness (QED) is 0.262. The highest BCUT2D eigenvalue weighted by molar-refractivity contribution is 7.92. The van der Waals surface area contributed by atoms with E-state index in [2.05, 4.69) is 5.32 Å². The number of carbonyl (C=O) groups excluding carboxylic acids is 2. The third kappa shape index (κ3) is 8.82. The SMILES string of the molecule is Cc1ccccc1N(CCCC(=O)N(Cc1ccc(Cl)cc1)[C@H](Cc1ccccc1)C(=O)NC1CCCC1)S(C)(=O)=O. The summed E-state index contributed by atoms with van der Waals surface area (Å²) < 4.78 is 26.7. The summed E-state index contributed by atoms with van der Waals surface area (Å²) in [4.78, 5) is 29.4. The van der Waals surface area contributed by atoms with Crippen LogP contribution in [0, 0.1) is 6.92 Å². The highest BCUT2D eigenvalue weighted by atomic mass is 35.5. The van der Waals surface area contributed by atoms with Crippen molar-refractivity contribution in [1.82, 2.24) is 10.2 Å². The molecule has 7 nitrogen and oxygen atoms in total. The number of para-hydroxylation sites is 1. The molecular formula is C33H40ClN3O4S. The van der Waals surface area contributed by atoms with Gasteiger partial charge in [-0.05, 0) is 61.1 Å². The minimum atomic E-state index is -3.56. The zero-order valence-corrected chi connectivity index (χ0v) is 25.9. The largest absolute Gasteiger partial charge is 0.352 e. The number of hydrogen-bond acceptors (Lipinski definition) is 4. The van der Waals surface area contributed by atoms with Gasteiger partial charge in [0.25, 0.3) is 0 Å². The monoisotopic (exact) mass is 609 g/mol. The molecule has 4 rings (SSSR count). The van der Waals surface area contributed by atoms with Crippen LogP contribution >= 0.6 is 11.6 Å². The molecule has 1 atom stereocenters. The summed E-state index contributed by atoms with van der Waals surface area (Å²) in [5.74, 6) is -0.364. The summed E-state index contributed by atoms with van der Waals surface area (Å²) in [5, 5.41) is 3.80. The van der Waals surface area contributed by atoms with Crippen molar-refractivity contribution in [3.63, 3.8) is 0 Å². The molecule has 0 unspecified atom stereocenters. The highest BCUT2D eigenvalue weighted by Gasteiger charge is 2.32. The summed E-state index contributed by atoms with van der Waals surface area (Å²) in [7, 11) is -3.56. The topological polar surface area (TPSA) is 86.8 Å². The number of sulfonamides is 1. The van der Waals surface area contributed by atoms with Gasteiger partial charge in [-0.3, -0.25) is 13.9 Å². The second-order valence-electron chi connectivity index (χ2n) is 11.1. The van der Waals surface area contributed by atoms with Crippen molar-refractivity contribution in [2.45, 2.75) is 70.5 Å². The zero-order valence-electron chi connectivity index (χ0n) is 24.3. The fourth-order valence-electron chi connectivity index (χ4n) is 5.53. The second kappa shape index (κ2) is 14.7. The van der Waals surface area contributed by atoms with E-state index in [4.69, 9.17) is 11.6 Å². The first-order valence-electron chi connectivity index (χ1n) is 14.5. The van der Waals surface area contributed by atoms with Gasteiger partial charge in [0.2, 0.25) is 21.8 Å². The Morgan fingerprint density at radius 2 is 1.57 bits per heavy atom. The molecule has 0 spiro atoms. The van der Waals surface area contributed by atoms with Crippen LogP contribution < -0.4 is 9.62 Å². The number of aryl methyl sites for hydroxylation is 1. The summed E-state index contributed by atoms with van der Waals surface area (Å²) in [6.07, 6.45) is 5.99. The molecule has 3 aromatic rings. The fourth-order valence-corrected chi connectivity index (χ4v) is 6.68. The predicted molar refractivity (Wildman–Crippen MR) is 169 cm³/mol. The molecule has 0 radical (unpaired) electrons. The summed E-state index contributed by atoms with van der Waals surface area (Å²) in [6, 6.07) is 23.7. The smallest absolute Gasteiger partial charge is 0.243 e. The highest BCUT2D eigenvalue weighted by Crippen LogP contribution is 2.24. The zero-order chi connectivity index (χ0) is 30.1. The van der Waals surface area contributed by atoms with Gasteiger partial charge in [0, 0.05) is 37.0 Å². The number of hydrogen-bond donors (Lipinski definition) is 1. The number of nitrogens with zero attached hydrogens (tertiary/aromatic N) is 2. The van der Waals surface area contributed by atoms with Crippen molar-refractivity contribution in [3.8, 4) is 0 Å². The van der Waals surface area contributed by atoms with Crippen molar-refractivity contribution in [2.75, 3.05) is 17.1 Å². The Morgan fingerprint density at radius 1 is 0.929 bits per heavy atom. The Morgan fingerprint density at radius 3 is 2.21 bits per heavy atom. The van der Waals surface area contributed by atoms with Crippen molar-refractivity contribution < 1.29 is 18.0 Å². The molecule has 2 amide bonds. The molecule has 0 aliphatic heterocycles. The van der Waals surface area contributed by atoms with Gasteiger partial charge in [-0.1, -0.05) is 85.1 Å².